The molecule has 9 nitrogen and oxygen atoms in total. The molecule has 2 aliphatic rings. The van der Waals surface area contributed by atoms with E-state index in [0.29, 0.717) is 24.5 Å². The van der Waals surface area contributed by atoms with Crippen LogP contribution in [0.2, 0.25) is 0 Å². The summed E-state index contributed by atoms with van der Waals surface area (Å²) in [7, 11) is 3.16. The average Bonchev–Trinajstić information content (AvgIpc) is 2.84. The standard InChI is InChI=1S/C26H40N4O5/c1-4-5-11-23-25(32)29(16-18-12-21(34-2)15-22(13-18)35-3)17-20(14-24(27)31)30(23)26(33)28-19-9-7-6-8-10-19/h12-13,15,19-20,23H,4-11,14,16-17H2,1-3H3,(H2,27,31)(H,28,33)/t20?,23-/m0/s1. The Morgan fingerprint density at radius 2 is 1.74 bits per heavy atom. The van der Waals surface area contributed by atoms with Crippen molar-refractivity contribution in [2.24, 2.45) is 5.73 Å². The van der Waals surface area contributed by atoms with E-state index in [1.807, 2.05) is 12.1 Å². The molecule has 2 atom stereocenters. The van der Waals surface area contributed by atoms with Crippen LogP contribution in [0.25, 0.3) is 0 Å². The minimum absolute atomic E-state index is 0.00588. The van der Waals surface area contributed by atoms with Crippen molar-refractivity contribution in [3.8, 4) is 11.5 Å². The quantitative estimate of drug-likeness (QED) is 0.525. The fraction of sp³-hybridized carbons (Fsp3) is 0.654. The van der Waals surface area contributed by atoms with Crippen LogP contribution in [0, 0.1) is 0 Å². The van der Waals surface area contributed by atoms with Crippen LogP contribution in [0.15, 0.2) is 18.2 Å². The van der Waals surface area contributed by atoms with Crippen molar-refractivity contribution in [3.63, 3.8) is 0 Å². The lowest BCUT2D eigenvalue weighted by Gasteiger charge is -2.46. The van der Waals surface area contributed by atoms with Crippen LogP contribution in [-0.4, -0.2) is 66.5 Å². The Balaban J connectivity index is 1.87. The number of methoxy groups -OCH3 is 2. The van der Waals surface area contributed by atoms with E-state index in [4.69, 9.17) is 15.2 Å². The molecule has 1 aromatic carbocycles. The van der Waals surface area contributed by atoms with Crippen LogP contribution in [0.4, 0.5) is 4.79 Å². The van der Waals surface area contributed by atoms with Crippen molar-refractivity contribution in [1.82, 2.24) is 15.1 Å². The molecular formula is C26H40N4O5. The first-order valence-corrected chi connectivity index (χ1v) is 12.7. The van der Waals surface area contributed by atoms with Gasteiger partial charge in [0.15, 0.2) is 0 Å². The van der Waals surface area contributed by atoms with Crippen LogP contribution in [0.3, 0.4) is 0 Å². The summed E-state index contributed by atoms with van der Waals surface area (Å²) in [6.07, 6.45) is 7.49. The zero-order valence-electron chi connectivity index (χ0n) is 21.3. The molecule has 3 N–H and O–H groups in total. The van der Waals surface area contributed by atoms with Gasteiger partial charge in [-0.05, 0) is 37.0 Å². The molecule has 0 radical (unpaired) electrons. The molecule has 3 rings (SSSR count). The number of carbonyl (C=O) groups excluding carboxylic acids is 3. The van der Waals surface area contributed by atoms with Crippen molar-refractivity contribution >= 4 is 17.8 Å². The minimum Gasteiger partial charge on any atom is -0.497 e. The molecule has 4 amide bonds. The van der Waals surface area contributed by atoms with Gasteiger partial charge in [-0.25, -0.2) is 4.79 Å². The summed E-state index contributed by atoms with van der Waals surface area (Å²) in [5, 5.41) is 3.14. The molecule has 2 fully saturated rings. The van der Waals surface area contributed by atoms with Crippen LogP contribution in [0.5, 0.6) is 11.5 Å². The highest BCUT2D eigenvalue weighted by molar-refractivity contribution is 5.89. The van der Waals surface area contributed by atoms with Crippen LogP contribution in [-0.2, 0) is 16.1 Å². The number of primary amides is 1. The number of nitrogens with zero attached hydrogens (tertiary/aromatic N) is 2. The lowest BCUT2D eigenvalue weighted by Crippen LogP contribution is -2.66. The van der Waals surface area contributed by atoms with Crippen molar-refractivity contribution in [3.05, 3.63) is 23.8 Å². The van der Waals surface area contributed by atoms with E-state index in [9.17, 15) is 14.4 Å². The molecule has 1 aliphatic heterocycles. The molecule has 35 heavy (non-hydrogen) atoms. The Labute approximate surface area is 208 Å². The number of benzene rings is 1. The van der Waals surface area contributed by atoms with E-state index < -0.39 is 18.0 Å². The third-order valence-electron chi connectivity index (χ3n) is 6.98. The molecule has 1 heterocycles. The highest BCUT2D eigenvalue weighted by Crippen LogP contribution is 2.28. The first-order valence-electron chi connectivity index (χ1n) is 12.7. The summed E-state index contributed by atoms with van der Waals surface area (Å²) in [6.45, 7) is 2.62. The fourth-order valence-electron chi connectivity index (χ4n) is 5.20. The Kier molecular flexibility index (Phi) is 9.63. The van der Waals surface area contributed by atoms with Crippen LogP contribution in [0.1, 0.15) is 70.3 Å². The van der Waals surface area contributed by atoms with E-state index in [-0.39, 0.29) is 30.9 Å². The van der Waals surface area contributed by atoms with Gasteiger partial charge < -0.3 is 30.3 Å². The summed E-state index contributed by atoms with van der Waals surface area (Å²) < 4.78 is 10.8. The van der Waals surface area contributed by atoms with Gasteiger partial charge in [0.25, 0.3) is 0 Å². The van der Waals surface area contributed by atoms with E-state index >= 15 is 0 Å². The maximum absolute atomic E-state index is 13.7. The van der Waals surface area contributed by atoms with Gasteiger partial charge >= 0.3 is 6.03 Å². The lowest BCUT2D eigenvalue weighted by molar-refractivity contribution is -0.145. The maximum atomic E-state index is 13.7. The number of carbonyl (C=O) groups is 3. The largest absolute Gasteiger partial charge is 0.497 e. The van der Waals surface area contributed by atoms with Gasteiger partial charge in [-0.2, -0.15) is 0 Å². The molecule has 0 aromatic heterocycles. The molecule has 0 bridgehead atoms. The number of amides is 4. The Morgan fingerprint density at radius 1 is 1.09 bits per heavy atom. The topological polar surface area (TPSA) is 114 Å². The molecule has 0 spiro atoms. The molecule has 1 saturated heterocycles. The fourth-order valence-corrected chi connectivity index (χ4v) is 5.20. The number of rotatable bonds is 10. The normalized spacial score (nSPS) is 21.1. The van der Waals surface area contributed by atoms with Crippen molar-refractivity contribution < 1.29 is 23.9 Å². The monoisotopic (exact) mass is 488 g/mol. The zero-order valence-corrected chi connectivity index (χ0v) is 21.3. The van der Waals surface area contributed by atoms with E-state index in [1.165, 1.54) is 6.42 Å². The van der Waals surface area contributed by atoms with Gasteiger partial charge in [0, 0.05) is 31.6 Å². The molecular weight excluding hydrogens is 448 g/mol. The van der Waals surface area contributed by atoms with Crippen LogP contribution < -0.4 is 20.5 Å². The summed E-state index contributed by atoms with van der Waals surface area (Å²) in [5.74, 6) is 0.666. The third-order valence-corrected chi connectivity index (χ3v) is 6.98. The third kappa shape index (κ3) is 7.02. The molecule has 9 heteroatoms. The maximum Gasteiger partial charge on any atom is 0.318 e. The molecule has 1 unspecified atom stereocenters. The molecule has 194 valence electrons. The Morgan fingerprint density at radius 3 is 2.31 bits per heavy atom. The summed E-state index contributed by atoms with van der Waals surface area (Å²) in [5.41, 5.74) is 6.44. The SMILES string of the molecule is CCCC[C@H]1C(=O)N(Cc2cc(OC)cc(OC)c2)CC(CC(N)=O)N1C(=O)NC1CCCCC1. The van der Waals surface area contributed by atoms with E-state index in [0.717, 1.165) is 44.1 Å². The van der Waals surface area contributed by atoms with E-state index in [1.54, 1.807) is 30.1 Å². The van der Waals surface area contributed by atoms with Gasteiger partial charge in [0.05, 0.1) is 20.3 Å². The van der Waals surface area contributed by atoms with Crippen molar-refractivity contribution in [1.29, 1.82) is 0 Å². The highest BCUT2D eigenvalue weighted by Gasteiger charge is 2.43. The summed E-state index contributed by atoms with van der Waals surface area (Å²) in [4.78, 5) is 42.5. The van der Waals surface area contributed by atoms with Crippen molar-refractivity contribution in [2.45, 2.75) is 89.4 Å². The molecule has 1 aromatic rings. The zero-order chi connectivity index (χ0) is 25.4. The Bertz CT molecular complexity index is 864. The second-order valence-corrected chi connectivity index (χ2v) is 9.61. The lowest BCUT2D eigenvalue weighted by atomic mass is 9.95. The second kappa shape index (κ2) is 12.7. The number of urea groups is 1. The average molecular weight is 489 g/mol. The van der Waals surface area contributed by atoms with Gasteiger partial charge in [-0.15, -0.1) is 0 Å². The van der Waals surface area contributed by atoms with Gasteiger partial charge in [-0.1, -0.05) is 39.0 Å². The minimum atomic E-state index is -0.635. The van der Waals surface area contributed by atoms with Gasteiger partial charge in [0.1, 0.15) is 17.5 Å². The van der Waals surface area contributed by atoms with Gasteiger partial charge in [-0.3, -0.25) is 9.59 Å². The number of piperazine rings is 1. The number of hydrogen-bond donors (Lipinski definition) is 2. The number of nitrogens with one attached hydrogen (secondary N) is 1. The summed E-state index contributed by atoms with van der Waals surface area (Å²) in [6, 6.07) is 4.23. The van der Waals surface area contributed by atoms with Crippen LogP contribution >= 0.6 is 0 Å². The highest BCUT2D eigenvalue weighted by atomic mass is 16.5. The molecule has 1 saturated carbocycles. The Hall–Kier alpha value is -2.97. The molecule has 1 aliphatic carbocycles. The summed E-state index contributed by atoms with van der Waals surface area (Å²) >= 11 is 0. The first kappa shape index (κ1) is 26.6. The predicted molar refractivity (Wildman–Crippen MR) is 133 cm³/mol. The number of hydrogen-bond acceptors (Lipinski definition) is 5. The van der Waals surface area contributed by atoms with E-state index in [2.05, 4.69) is 12.2 Å². The predicted octanol–water partition coefficient (Wildman–Crippen LogP) is 3.19. The van der Waals surface area contributed by atoms with Crippen molar-refractivity contribution in [2.75, 3.05) is 20.8 Å². The number of ether oxygens (including phenoxy) is 2. The van der Waals surface area contributed by atoms with Gasteiger partial charge in [0.2, 0.25) is 11.8 Å². The smallest absolute Gasteiger partial charge is 0.318 e. The second-order valence-electron chi connectivity index (χ2n) is 9.61. The first-order chi connectivity index (χ1) is 16.9. The number of nitrogens with two attached hydrogens (primary N) is 1. The number of unbranched alkanes of at least 4 members (excludes halogenated alkanes) is 1.